The van der Waals surface area contributed by atoms with Crippen LogP contribution in [0.4, 0.5) is 0 Å². The smallest absolute Gasteiger partial charge is 0.159 e. The molecule has 2 heterocycles. The van der Waals surface area contributed by atoms with E-state index in [0.29, 0.717) is 18.2 Å². The second kappa shape index (κ2) is 7.39. The SMILES string of the molecule is C=C(N=C(/C=C\N)n1nnc2ccccc21)N[C@@H](C)Cn1nccn1. The van der Waals surface area contributed by atoms with E-state index in [1.54, 1.807) is 27.9 Å². The zero-order valence-corrected chi connectivity index (χ0v) is 13.8. The Labute approximate surface area is 144 Å². The van der Waals surface area contributed by atoms with Gasteiger partial charge >= 0.3 is 0 Å². The van der Waals surface area contributed by atoms with Crippen molar-refractivity contribution in [2.75, 3.05) is 0 Å². The summed E-state index contributed by atoms with van der Waals surface area (Å²) in [5, 5.41) is 19.6. The van der Waals surface area contributed by atoms with Gasteiger partial charge in [-0.3, -0.25) is 0 Å². The van der Waals surface area contributed by atoms with Crippen LogP contribution in [0.5, 0.6) is 0 Å². The van der Waals surface area contributed by atoms with Gasteiger partial charge in [0, 0.05) is 6.04 Å². The molecular formula is C16H19N9. The number of allylic oxidation sites excluding steroid dienone is 1. The minimum absolute atomic E-state index is 0.0410. The van der Waals surface area contributed by atoms with Crippen molar-refractivity contribution in [1.82, 2.24) is 35.3 Å². The molecule has 0 aliphatic heterocycles. The van der Waals surface area contributed by atoms with Gasteiger partial charge in [-0.25, -0.2) is 4.99 Å². The summed E-state index contributed by atoms with van der Waals surface area (Å²) in [4.78, 5) is 6.08. The predicted molar refractivity (Wildman–Crippen MR) is 95.4 cm³/mol. The second-order valence-electron chi connectivity index (χ2n) is 5.40. The van der Waals surface area contributed by atoms with E-state index in [2.05, 4.69) is 37.4 Å². The number of fused-ring (bicyclic) bond motifs is 1. The van der Waals surface area contributed by atoms with Crippen LogP contribution in [0.15, 0.2) is 66.3 Å². The summed E-state index contributed by atoms with van der Waals surface area (Å²) in [5.41, 5.74) is 7.16. The van der Waals surface area contributed by atoms with Gasteiger partial charge in [0.2, 0.25) is 0 Å². The first-order valence-corrected chi connectivity index (χ1v) is 7.74. The lowest BCUT2D eigenvalue weighted by Crippen LogP contribution is -2.30. The molecule has 9 nitrogen and oxygen atoms in total. The Hall–Kier alpha value is -3.49. The molecule has 3 N–H and O–H groups in total. The minimum atomic E-state index is 0.0410. The monoisotopic (exact) mass is 337 g/mol. The molecule has 25 heavy (non-hydrogen) atoms. The van der Waals surface area contributed by atoms with Gasteiger partial charge in [0.15, 0.2) is 5.84 Å². The summed E-state index contributed by atoms with van der Waals surface area (Å²) in [5.74, 6) is 0.991. The summed E-state index contributed by atoms with van der Waals surface area (Å²) in [7, 11) is 0. The zero-order chi connectivity index (χ0) is 17.6. The molecule has 9 heteroatoms. The normalized spacial score (nSPS) is 13.4. The topological polar surface area (TPSA) is 112 Å². The summed E-state index contributed by atoms with van der Waals surface area (Å²) in [6, 6.07) is 7.66. The van der Waals surface area contributed by atoms with E-state index in [9.17, 15) is 0 Å². The van der Waals surface area contributed by atoms with Gasteiger partial charge in [0.1, 0.15) is 11.3 Å². The number of benzene rings is 1. The van der Waals surface area contributed by atoms with Crippen LogP contribution in [0.1, 0.15) is 6.92 Å². The largest absolute Gasteiger partial charge is 0.404 e. The maximum atomic E-state index is 5.55. The number of nitrogens with one attached hydrogen (secondary N) is 1. The number of hydrogen-bond donors (Lipinski definition) is 2. The standard InChI is InChI=1S/C16H19N9/c1-12(11-24-18-9-10-19-24)20-13(2)21-16(7-8-17)25-15-6-4-3-5-14(15)22-23-25/h3-10,12,20H,2,11,17H2,1H3/b8-7-,21-16?/t12-/m0/s1. The molecule has 1 atom stereocenters. The van der Waals surface area contributed by atoms with Gasteiger partial charge in [-0.2, -0.15) is 19.7 Å². The Morgan fingerprint density at radius 3 is 2.88 bits per heavy atom. The molecule has 3 rings (SSSR count). The first-order chi connectivity index (χ1) is 12.2. The fourth-order valence-corrected chi connectivity index (χ4v) is 2.36. The zero-order valence-electron chi connectivity index (χ0n) is 13.8. The van der Waals surface area contributed by atoms with E-state index in [1.807, 2.05) is 31.2 Å². The van der Waals surface area contributed by atoms with Crippen LogP contribution in [-0.4, -0.2) is 41.9 Å². The summed E-state index contributed by atoms with van der Waals surface area (Å²) in [6.07, 6.45) is 6.33. The summed E-state index contributed by atoms with van der Waals surface area (Å²) >= 11 is 0. The molecule has 0 unspecified atom stereocenters. The van der Waals surface area contributed by atoms with Crippen molar-refractivity contribution in [3.05, 3.63) is 61.3 Å². The Morgan fingerprint density at radius 1 is 1.36 bits per heavy atom. The van der Waals surface area contributed by atoms with Crippen LogP contribution >= 0.6 is 0 Å². The van der Waals surface area contributed by atoms with Gasteiger partial charge < -0.3 is 11.1 Å². The lowest BCUT2D eigenvalue weighted by Gasteiger charge is -2.14. The Balaban J connectivity index is 1.78. The maximum Gasteiger partial charge on any atom is 0.159 e. The van der Waals surface area contributed by atoms with Crippen LogP contribution < -0.4 is 11.1 Å². The number of hydrogen-bond acceptors (Lipinski definition) is 7. The van der Waals surface area contributed by atoms with Gasteiger partial charge in [-0.05, 0) is 31.3 Å². The minimum Gasteiger partial charge on any atom is -0.404 e. The third-order valence-electron chi connectivity index (χ3n) is 3.38. The molecule has 0 bridgehead atoms. The van der Waals surface area contributed by atoms with Crippen LogP contribution in [0.3, 0.4) is 0 Å². The Morgan fingerprint density at radius 2 is 2.12 bits per heavy atom. The third-order valence-corrected chi connectivity index (χ3v) is 3.38. The molecule has 0 fully saturated rings. The summed E-state index contributed by atoms with van der Waals surface area (Å²) < 4.78 is 1.62. The first kappa shape index (κ1) is 16.4. The first-order valence-electron chi connectivity index (χ1n) is 7.74. The van der Waals surface area contributed by atoms with E-state index >= 15 is 0 Å². The molecular weight excluding hydrogens is 318 g/mol. The molecule has 0 radical (unpaired) electrons. The molecule has 0 spiro atoms. The Bertz CT molecular complexity index is 905. The molecule has 0 amide bonds. The van der Waals surface area contributed by atoms with Crippen molar-refractivity contribution < 1.29 is 0 Å². The summed E-state index contributed by atoms with van der Waals surface area (Å²) in [6.45, 7) is 6.54. The molecule has 0 saturated heterocycles. The highest BCUT2D eigenvalue weighted by molar-refractivity contribution is 5.99. The van der Waals surface area contributed by atoms with Gasteiger partial charge in [-0.1, -0.05) is 23.9 Å². The quantitative estimate of drug-likeness (QED) is 0.510. The van der Waals surface area contributed by atoms with Crippen molar-refractivity contribution >= 4 is 16.9 Å². The highest BCUT2D eigenvalue weighted by atomic mass is 15.5. The number of aliphatic imine (C=N–C) groups is 1. The van der Waals surface area contributed by atoms with Gasteiger partial charge in [0.05, 0.1) is 24.5 Å². The van der Waals surface area contributed by atoms with E-state index in [0.717, 1.165) is 11.0 Å². The fraction of sp³-hybridized carbons (Fsp3) is 0.188. The third kappa shape index (κ3) is 3.89. The lowest BCUT2D eigenvalue weighted by atomic mass is 10.3. The van der Waals surface area contributed by atoms with Crippen LogP contribution in [0.2, 0.25) is 0 Å². The highest BCUT2D eigenvalue weighted by Gasteiger charge is 2.09. The van der Waals surface area contributed by atoms with Crippen LogP contribution in [0, 0.1) is 0 Å². The maximum absolute atomic E-state index is 5.55. The van der Waals surface area contributed by atoms with Crippen molar-refractivity contribution in [3.63, 3.8) is 0 Å². The molecule has 0 aliphatic carbocycles. The fourth-order valence-electron chi connectivity index (χ4n) is 2.36. The molecule has 0 saturated carbocycles. The van der Waals surface area contributed by atoms with E-state index in [-0.39, 0.29) is 6.04 Å². The average Bonchev–Trinajstić information content (AvgIpc) is 3.23. The van der Waals surface area contributed by atoms with Gasteiger partial charge in [-0.15, -0.1) is 5.10 Å². The van der Waals surface area contributed by atoms with E-state index in [4.69, 9.17) is 5.73 Å². The Kier molecular flexibility index (Phi) is 4.84. The molecule has 128 valence electrons. The predicted octanol–water partition coefficient (Wildman–Crippen LogP) is 0.891. The second-order valence-corrected chi connectivity index (χ2v) is 5.40. The van der Waals surface area contributed by atoms with Crippen molar-refractivity contribution in [1.29, 1.82) is 0 Å². The number of aromatic nitrogens is 6. The van der Waals surface area contributed by atoms with E-state index in [1.165, 1.54) is 6.20 Å². The number of para-hydroxylation sites is 1. The molecule has 1 aromatic carbocycles. The number of rotatable bonds is 6. The van der Waals surface area contributed by atoms with Crippen molar-refractivity contribution in [2.24, 2.45) is 10.7 Å². The average molecular weight is 337 g/mol. The van der Waals surface area contributed by atoms with Crippen molar-refractivity contribution in [3.8, 4) is 0 Å². The number of nitrogens with zero attached hydrogens (tertiary/aromatic N) is 7. The van der Waals surface area contributed by atoms with Gasteiger partial charge in [0.25, 0.3) is 0 Å². The van der Waals surface area contributed by atoms with E-state index < -0.39 is 0 Å². The van der Waals surface area contributed by atoms with Crippen LogP contribution in [0.25, 0.3) is 11.0 Å². The highest BCUT2D eigenvalue weighted by Crippen LogP contribution is 2.10. The molecule has 2 aromatic heterocycles. The lowest BCUT2D eigenvalue weighted by molar-refractivity contribution is 0.442. The molecule has 3 aromatic rings. The van der Waals surface area contributed by atoms with Crippen LogP contribution in [-0.2, 0) is 6.54 Å². The number of nitrogens with two attached hydrogens (primary N) is 1. The van der Waals surface area contributed by atoms with Crippen molar-refractivity contribution in [2.45, 2.75) is 19.5 Å². The molecule has 0 aliphatic rings.